The monoisotopic (exact) mass is 391 g/mol. The number of benzene rings is 1. The molecule has 0 saturated carbocycles. The minimum absolute atomic E-state index is 0.0183. The van der Waals surface area contributed by atoms with E-state index in [1.54, 1.807) is 43.1 Å². The molecule has 0 spiro atoms. The zero-order valence-electron chi connectivity index (χ0n) is 16.1. The van der Waals surface area contributed by atoms with Gasteiger partial charge in [0, 0.05) is 44.0 Å². The van der Waals surface area contributed by atoms with E-state index in [2.05, 4.69) is 4.90 Å². The van der Waals surface area contributed by atoms with Crippen molar-refractivity contribution in [3.8, 4) is 5.75 Å². The summed E-state index contributed by atoms with van der Waals surface area (Å²) in [5.41, 5.74) is 0.660. The van der Waals surface area contributed by atoms with Crippen LogP contribution in [-0.4, -0.2) is 90.9 Å². The molecule has 1 aromatic carbocycles. The van der Waals surface area contributed by atoms with E-state index in [1.165, 1.54) is 25.9 Å². The minimum Gasteiger partial charge on any atom is -0.497 e. The number of carbonyl (C=O) groups excluding carboxylic acids is 2. The summed E-state index contributed by atoms with van der Waals surface area (Å²) in [6, 6.07) is 7.17. The smallest absolute Gasteiger partial charge is 0.253 e. The van der Waals surface area contributed by atoms with Crippen LogP contribution in [0.5, 0.6) is 5.75 Å². The molecule has 3 rings (SSSR count). The van der Waals surface area contributed by atoms with Gasteiger partial charge < -0.3 is 19.4 Å². The molecule has 0 unspecified atom stereocenters. The fourth-order valence-corrected chi connectivity index (χ4v) is 4.41. The zero-order valence-corrected chi connectivity index (χ0v) is 16.9. The molecule has 0 bridgehead atoms. The van der Waals surface area contributed by atoms with Gasteiger partial charge in [-0.05, 0) is 50.2 Å². The number of ether oxygens (including phenoxy) is 1. The summed E-state index contributed by atoms with van der Waals surface area (Å²) in [5, 5.41) is 0. The third kappa shape index (κ3) is 5.62. The largest absolute Gasteiger partial charge is 0.497 e. The van der Waals surface area contributed by atoms with Crippen molar-refractivity contribution in [2.24, 2.45) is 0 Å². The summed E-state index contributed by atoms with van der Waals surface area (Å²) in [5.74, 6) is 2.51. The Hall–Kier alpha value is -1.73. The first-order valence-electron chi connectivity index (χ1n) is 9.68. The fourth-order valence-electron chi connectivity index (χ4n) is 3.53. The van der Waals surface area contributed by atoms with Gasteiger partial charge in [0.15, 0.2) is 0 Å². The fraction of sp³-hybridized carbons (Fsp3) is 0.600. The van der Waals surface area contributed by atoms with E-state index in [4.69, 9.17) is 4.74 Å². The van der Waals surface area contributed by atoms with Gasteiger partial charge >= 0.3 is 0 Å². The van der Waals surface area contributed by atoms with Crippen molar-refractivity contribution in [1.82, 2.24) is 14.7 Å². The summed E-state index contributed by atoms with van der Waals surface area (Å²) in [7, 11) is 1.61. The molecule has 0 N–H and O–H groups in total. The molecule has 0 radical (unpaired) electrons. The van der Waals surface area contributed by atoms with Gasteiger partial charge in [-0.2, -0.15) is 11.8 Å². The van der Waals surface area contributed by atoms with E-state index in [1.807, 2.05) is 9.80 Å². The highest BCUT2D eigenvalue weighted by atomic mass is 32.2. The summed E-state index contributed by atoms with van der Waals surface area (Å²) in [6.45, 7) is 5.92. The van der Waals surface area contributed by atoms with Crippen LogP contribution in [0.15, 0.2) is 24.3 Å². The van der Waals surface area contributed by atoms with Crippen LogP contribution in [0.25, 0.3) is 0 Å². The standard InChI is InChI=1S/C20H29N3O3S/c1-26-18-6-4-17(5-7-18)20(25)23-12-10-22(11-13-23)19(24)16-27-15-14-21-8-2-3-9-21/h4-7H,2-3,8-16H2,1H3. The van der Waals surface area contributed by atoms with Crippen molar-refractivity contribution in [1.29, 1.82) is 0 Å². The Morgan fingerprint density at radius 3 is 2.22 bits per heavy atom. The first kappa shape index (κ1) is 20.0. The zero-order chi connectivity index (χ0) is 19.1. The van der Waals surface area contributed by atoms with Gasteiger partial charge in [0.1, 0.15) is 5.75 Å². The number of piperazine rings is 1. The first-order chi connectivity index (χ1) is 13.2. The van der Waals surface area contributed by atoms with Crippen molar-refractivity contribution in [3.63, 3.8) is 0 Å². The SMILES string of the molecule is COc1ccc(C(=O)N2CCN(C(=O)CSCCN3CCCC3)CC2)cc1. The molecule has 2 heterocycles. The van der Waals surface area contributed by atoms with Gasteiger partial charge in [0.05, 0.1) is 12.9 Å². The lowest BCUT2D eigenvalue weighted by molar-refractivity contribution is -0.129. The second-order valence-electron chi connectivity index (χ2n) is 7.00. The number of rotatable bonds is 7. The van der Waals surface area contributed by atoms with Crippen LogP contribution in [0.3, 0.4) is 0 Å². The van der Waals surface area contributed by atoms with Gasteiger partial charge in [-0.15, -0.1) is 0 Å². The highest BCUT2D eigenvalue weighted by Gasteiger charge is 2.24. The van der Waals surface area contributed by atoms with Crippen molar-refractivity contribution in [2.45, 2.75) is 12.8 Å². The molecule has 2 aliphatic heterocycles. The second kappa shape index (κ2) is 9.99. The number of thioether (sulfide) groups is 1. The maximum absolute atomic E-state index is 12.6. The predicted molar refractivity (Wildman–Crippen MR) is 108 cm³/mol. The summed E-state index contributed by atoms with van der Waals surface area (Å²) < 4.78 is 5.13. The Labute approximate surface area is 165 Å². The Morgan fingerprint density at radius 1 is 0.963 bits per heavy atom. The molecule has 2 fully saturated rings. The molecular weight excluding hydrogens is 362 g/mol. The number of hydrogen-bond acceptors (Lipinski definition) is 5. The Balaban J connectivity index is 1.37. The van der Waals surface area contributed by atoms with Crippen LogP contribution in [0.1, 0.15) is 23.2 Å². The molecule has 2 saturated heterocycles. The maximum Gasteiger partial charge on any atom is 0.253 e. The number of methoxy groups -OCH3 is 1. The van der Waals surface area contributed by atoms with E-state index >= 15 is 0 Å². The van der Waals surface area contributed by atoms with E-state index in [0.717, 1.165) is 18.0 Å². The summed E-state index contributed by atoms with van der Waals surface area (Å²) in [6.07, 6.45) is 2.62. The predicted octanol–water partition coefficient (Wildman–Crippen LogP) is 1.81. The van der Waals surface area contributed by atoms with E-state index in [0.29, 0.717) is 37.5 Å². The lowest BCUT2D eigenvalue weighted by atomic mass is 10.1. The van der Waals surface area contributed by atoms with Crippen molar-refractivity contribution in [2.75, 3.05) is 64.4 Å². The molecule has 0 aliphatic carbocycles. The number of hydrogen-bond donors (Lipinski definition) is 0. The molecule has 1 aromatic rings. The van der Waals surface area contributed by atoms with Crippen molar-refractivity contribution in [3.05, 3.63) is 29.8 Å². The maximum atomic E-state index is 12.6. The Morgan fingerprint density at radius 2 is 1.59 bits per heavy atom. The molecule has 0 atom stereocenters. The van der Waals surface area contributed by atoms with Crippen LogP contribution in [0.4, 0.5) is 0 Å². The number of carbonyl (C=O) groups is 2. The molecule has 148 valence electrons. The van der Waals surface area contributed by atoms with Crippen LogP contribution < -0.4 is 4.74 Å². The first-order valence-corrected chi connectivity index (χ1v) is 10.8. The highest BCUT2D eigenvalue weighted by molar-refractivity contribution is 7.99. The molecule has 7 heteroatoms. The highest BCUT2D eigenvalue weighted by Crippen LogP contribution is 2.15. The van der Waals surface area contributed by atoms with E-state index < -0.39 is 0 Å². The topological polar surface area (TPSA) is 53.1 Å². The van der Waals surface area contributed by atoms with Gasteiger partial charge in [-0.25, -0.2) is 0 Å². The van der Waals surface area contributed by atoms with Crippen LogP contribution >= 0.6 is 11.8 Å². The molecular formula is C20H29N3O3S. The van der Waals surface area contributed by atoms with Gasteiger partial charge in [0.25, 0.3) is 5.91 Å². The normalized spacial score (nSPS) is 18.0. The second-order valence-corrected chi connectivity index (χ2v) is 8.11. The average Bonchev–Trinajstić information content (AvgIpc) is 3.24. The van der Waals surface area contributed by atoms with E-state index in [-0.39, 0.29) is 11.8 Å². The van der Waals surface area contributed by atoms with Gasteiger partial charge in [-0.3, -0.25) is 9.59 Å². The third-order valence-corrected chi connectivity index (χ3v) is 6.15. The van der Waals surface area contributed by atoms with E-state index in [9.17, 15) is 9.59 Å². The lowest BCUT2D eigenvalue weighted by Gasteiger charge is -2.34. The van der Waals surface area contributed by atoms with Gasteiger partial charge in [-0.1, -0.05) is 0 Å². The molecule has 2 aliphatic rings. The molecule has 6 nitrogen and oxygen atoms in total. The van der Waals surface area contributed by atoms with Gasteiger partial charge in [0.2, 0.25) is 5.91 Å². The summed E-state index contributed by atoms with van der Waals surface area (Å²) in [4.78, 5) is 31.2. The number of amides is 2. The van der Waals surface area contributed by atoms with Crippen LogP contribution in [0.2, 0.25) is 0 Å². The van der Waals surface area contributed by atoms with Crippen molar-refractivity contribution < 1.29 is 14.3 Å². The molecule has 2 amide bonds. The Bertz CT molecular complexity index is 624. The average molecular weight is 392 g/mol. The summed E-state index contributed by atoms with van der Waals surface area (Å²) >= 11 is 1.72. The quantitative estimate of drug-likeness (QED) is 0.664. The Kier molecular flexibility index (Phi) is 7.41. The number of likely N-dealkylation sites (tertiary alicyclic amines) is 1. The lowest BCUT2D eigenvalue weighted by Crippen LogP contribution is -2.51. The van der Waals surface area contributed by atoms with Crippen LogP contribution in [0, 0.1) is 0 Å². The third-order valence-electron chi connectivity index (χ3n) is 5.23. The molecule has 0 aromatic heterocycles. The van der Waals surface area contributed by atoms with Crippen molar-refractivity contribution >= 4 is 23.6 Å². The molecule has 27 heavy (non-hydrogen) atoms. The van der Waals surface area contributed by atoms with Crippen LogP contribution in [-0.2, 0) is 4.79 Å². The minimum atomic E-state index is 0.0183. The number of nitrogens with zero attached hydrogens (tertiary/aromatic N) is 3.